The molecular formula is C36H40FeN2P2. The maximum Gasteiger partial charge on any atom is 2.00 e. The topological polar surface area (TPSA) is 31.6 Å². The molecule has 9 rings (SSSR count). The quantitative estimate of drug-likeness (QED) is 0.163. The molecule has 0 spiro atoms. The number of hydrogen-bond acceptors (Lipinski definition) is 0. The zero-order chi connectivity index (χ0) is 27.2. The van der Waals surface area contributed by atoms with E-state index in [4.69, 9.17) is 0 Å². The molecule has 212 valence electrons. The van der Waals surface area contributed by atoms with Crippen LogP contribution < -0.4 is 0 Å². The summed E-state index contributed by atoms with van der Waals surface area (Å²) in [6.45, 7) is 0. The van der Waals surface area contributed by atoms with Crippen LogP contribution in [0.5, 0.6) is 0 Å². The van der Waals surface area contributed by atoms with Gasteiger partial charge < -0.3 is 9.97 Å². The number of H-pyrrole nitrogens is 2. The summed E-state index contributed by atoms with van der Waals surface area (Å²) in [5.41, 5.74) is 8.69. The van der Waals surface area contributed by atoms with Gasteiger partial charge in [-0.25, -0.2) is 12.1 Å². The first kappa shape index (κ1) is 29.0. The molecule has 4 saturated carbocycles. The molecule has 4 fully saturated rings. The molecule has 5 heteroatoms. The van der Waals surface area contributed by atoms with E-state index in [0.717, 1.165) is 23.7 Å². The molecule has 6 aliphatic rings. The van der Waals surface area contributed by atoms with E-state index >= 15 is 0 Å². The van der Waals surface area contributed by atoms with Crippen LogP contribution in [-0.4, -0.2) is 16.1 Å². The Hall–Kier alpha value is -2.14. The van der Waals surface area contributed by atoms with Crippen LogP contribution in [0.4, 0.5) is 0 Å². The number of nitrogens with one attached hydrogen (secondary N) is 2. The normalized spacial score (nSPS) is 31.2. The Labute approximate surface area is 260 Å². The molecule has 5 unspecified atom stereocenters. The SMILES string of the molecule is PCC1C2CC3CC(C2)CC1(C1=CC(=C2C=CC=C[CH-]2)C=C1C(P)(c1cc[nH]c1)c1cc[nH]c1)C3.[Fe+2].c1cc[cH-]c1. The van der Waals surface area contributed by atoms with Crippen molar-refractivity contribution < 1.29 is 17.1 Å². The summed E-state index contributed by atoms with van der Waals surface area (Å²) < 4.78 is 0. The molecule has 2 nitrogen and oxygen atoms in total. The van der Waals surface area contributed by atoms with Crippen molar-refractivity contribution in [3.63, 3.8) is 0 Å². The maximum atomic E-state index is 3.35. The van der Waals surface area contributed by atoms with Crippen molar-refractivity contribution in [3.8, 4) is 0 Å². The largest absolute Gasteiger partial charge is 2.00 e. The zero-order valence-electron chi connectivity index (χ0n) is 23.5. The van der Waals surface area contributed by atoms with Gasteiger partial charge in [0.2, 0.25) is 0 Å². The minimum Gasteiger partial charge on any atom is -0.367 e. The second kappa shape index (κ2) is 11.9. The van der Waals surface area contributed by atoms with Gasteiger partial charge in [0.15, 0.2) is 0 Å². The van der Waals surface area contributed by atoms with Crippen LogP contribution in [-0.2, 0) is 22.2 Å². The first-order valence-electron chi connectivity index (χ1n) is 14.9. The van der Waals surface area contributed by atoms with Crippen LogP contribution in [0.2, 0.25) is 0 Å². The standard InChI is InChI=1S/C31H35N2P2.C5H5.Fe/c34-19-29-24-11-20-10-21(12-24)16-30(29,15-20)27-13-23(22-4-2-1-3-5-22)14-28(27)31(35,25-6-8-32-17-25)26-7-9-33-18-26;1-2-4-5-3-1;/h1-9,13-14,17-18,20-21,24,29,32-33H,10-12,15-16,19,34-35H2;1-5H;/q2*-1;+2. The van der Waals surface area contributed by atoms with E-state index < -0.39 is 0 Å². The van der Waals surface area contributed by atoms with Crippen LogP contribution in [0.1, 0.15) is 43.2 Å². The van der Waals surface area contributed by atoms with Gasteiger partial charge in [0, 0.05) is 24.8 Å². The molecule has 2 N–H and O–H groups in total. The smallest absolute Gasteiger partial charge is 0.367 e. The van der Waals surface area contributed by atoms with E-state index in [1.165, 1.54) is 66.1 Å². The van der Waals surface area contributed by atoms with Gasteiger partial charge in [-0.2, -0.15) is 18.2 Å². The van der Waals surface area contributed by atoms with Crippen molar-refractivity contribution in [2.45, 2.75) is 37.3 Å². The Bertz CT molecular complexity index is 1400. The van der Waals surface area contributed by atoms with Gasteiger partial charge in [-0.3, -0.25) is 0 Å². The van der Waals surface area contributed by atoms with E-state index in [1.807, 2.05) is 30.3 Å². The minimum atomic E-state index is -0.295. The molecule has 0 amide bonds. The number of rotatable bonds is 5. The van der Waals surface area contributed by atoms with Gasteiger partial charge in [0.25, 0.3) is 0 Å². The van der Waals surface area contributed by atoms with E-state index in [-0.39, 0.29) is 27.6 Å². The molecule has 2 aromatic heterocycles. The zero-order valence-corrected chi connectivity index (χ0v) is 26.9. The summed E-state index contributed by atoms with van der Waals surface area (Å²) in [5.74, 6) is 3.46. The fourth-order valence-electron chi connectivity index (χ4n) is 8.96. The van der Waals surface area contributed by atoms with Crippen molar-refractivity contribution in [2.75, 3.05) is 6.16 Å². The summed E-state index contributed by atoms with van der Waals surface area (Å²) in [5, 5.41) is -0.295. The molecular weight excluding hydrogens is 578 g/mol. The van der Waals surface area contributed by atoms with Gasteiger partial charge >= 0.3 is 17.1 Å². The number of allylic oxidation sites excluding steroid dienone is 10. The van der Waals surface area contributed by atoms with E-state index in [2.05, 4.69) is 108 Å². The van der Waals surface area contributed by atoms with Crippen LogP contribution in [0.3, 0.4) is 0 Å². The van der Waals surface area contributed by atoms with Gasteiger partial charge in [-0.1, -0.05) is 17.7 Å². The minimum absolute atomic E-state index is 0. The number of hydrogen-bond donors (Lipinski definition) is 2. The van der Waals surface area contributed by atoms with Crippen LogP contribution in [0.15, 0.2) is 126 Å². The summed E-state index contributed by atoms with van der Waals surface area (Å²) in [4.78, 5) is 6.71. The molecule has 3 aromatic rings. The van der Waals surface area contributed by atoms with Gasteiger partial charge in [0.1, 0.15) is 0 Å². The van der Waals surface area contributed by atoms with Gasteiger partial charge in [-0.05, 0) is 102 Å². The molecule has 0 radical (unpaired) electrons. The second-order valence-electron chi connectivity index (χ2n) is 12.5. The third-order valence-corrected chi connectivity index (χ3v) is 11.9. The Morgan fingerprint density at radius 2 is 1.61 bits per heavy atom. The van der Waals surface area contributed by atoms with Crippen molar-refractivity contribution in [1.82, 2.24) is 9.97 Å². The first-order valence-corrected chi connectivity index (χ1v) is 16.3. The Balaban J connectivity index is 0.000000458. The summed E-state index contributed by atoms with van der Waals surface area (Å²) in [6.07, 6.45) is 33.0. The molecule has 5 atom stereocenters. The number of aromatic nitrogens is 2. The third-order valence-electron chi connectivity index (χ3n) is 10.4. The van der Waals surface area contributed by atoms with Crippen molar-refractivity contribution in [3.05, 3.63) is 144 Å². The molecule has 6 aliphatic carbocycles. The van der Waals surface area contributed by atoms with Crippen molar-refractivity contribution in [2.24, 2.45) is 29.1 Å². The van der Waals surface area contributed by atoms with Crippen molar-refractivity contribution >= 4 is 18.5 Å². The monoisotopic (exact) mass is 618 g/mol. The average Bonchev–Trinajstić information content (AvgIpc) is 3.80. The van der Waals surface area contributed by atoms with Gasteiger partial charge in [-0.15, -0.1) is 54.8 Å². The fourth-order valence-corrected chi connectivity index (χ4v) is 10.4. The second-order valence-corrected chi connectivity index (χ2v) is 13.9. The molecule has 0 aliphatic heterocycles. The molecule has 0 saturated heterocycles. The van der Waals surface area contributed by atoms with Gasteiger partial charge in [0.05, 0.1) is 5.16 Å². The molecule has 2 heterocycles. The van der Waals surface area contributed by atoms with E-state index in [1.54, 1.807) is 5.57 Å². The summed E-state index contributed by atoms with van der Waals surface area (Å²) in [7, 11) is 6.46. The Kier molecular flexibility index (Phi) is 8.37. The fraction of sp³-hybridized carbons (Fsp3) is 0.333. The molecule has 1 aromatic carbocycles. The van der Waals surface area contributed by atoms with E-state index in [0.29, 0.717) is 0 Å². The number of aromatic amines is 2. The molecule has 4 bridgehead atoms. The van der Waals surface area contributed by atoms with Crippen LogP contribution in [0, 0.1) is 35.5 Å². The summed E-state index contributed by atoms with van der Waals surface area (Å²) >= 11 is 0. The van der Waals surface area contributed by atoms with Crippen LogP contribution >= 0.6 is 18.5 Å². The molecule has 41 heavy (non-hydrogen) atoms. The maximum absolute atomic E-state index is 3.35. The first-order chi connectivity index (χ1) is 19.6. The predicted molar refractivity (Wildman–Crippen MR) is 174 cm³/mol. The Morgan fingerprint density at radius 1 is 0.927 bits per heavy atom. The predicted octanol–water partition coefficient (Wildman–Crippen LogP) is 8.68. The van der Waals surface area contributed by atoms with Crippen molar-refractivity contribution in [1.29, 1.82) is 0 Å². The van der Waals surface area contributed by atoms with Crippen LogP contribution in [0.25, 0.3) is 0 Å². The third kappa shape index (κ3) is 4.98. The summed E-state index contributed by atoms with van der Waals surface area (Å²) in [6, 6.07) is 14.5. The van der Waals surface area contributed by atoms with E-state index in [9.17, 15) is 0 Å². The average molecular weight is 619 g/mol. The Morgan fingerprint density at radius 3 is 2.12 bits per heavy atom.